The van der Waals surface area contributed by atoms with Crippen LogP contribution < -0.4 is 0 Å². The SMILES string of the molecule is CCCC1CCC(c2ccc(C=Cc3ccc(-c4ccc(C)cc4F)cc3)c(F)c2F)CC1. The van der Waals surface area contributed by atoms with Crippen molar-refractivity contribution in [3.8, 4) is 11.1 Å². The highest BCUT2D eigenvalue weighted by Gasteiger charge is 2.25. The van der Waals surface area contributed by atoms with Gasteiger partial charge in [-0.05, 0) is 72.8 Å². The van der Waals surface area contributed by atoms with Crippen molar-refractivity contribution in [1.29, 1.82) is 0 Å². The zero-order chi connectivity index (χ0) is 23.4. The Bertz CT molecular complexity index is 1120. The van der Waals surface area contributed by atoms with Gasteiger partial charge in [0.1, 0.15) is 5.82 Å². The lowest BCUT2D eigenvalue weighted by atomic mass is 9.77. The van der Waals surface area contributed by atoms with Crippen molar-refractivity contribution in [3.63, 3.8) is 0 Å². The average Bonchev–Trinajstić information content (AvgIpc) is 2.81. The molecule has 3 aromatic rings. The van der Waals surface area contributed by atoms with E-state index in [0.717, 1.165) is 48.3 Å². The number of benzene rings is 3. The summed E-state index contributed by atoms with van der Waals surface area (Å²) in [5.74, 6) is -0.899. The van der Waals surface area contributed by atoms with Crippen molar-refractivity contribution in [3.05, 3.63) is 94.3 Å². The first-order valence-electron chi connectivity index (χ1n) is 12.0. The van der Waals surface area contributed by atoms with Crippen LogP contribution in [0.1, 0.15) is 73.6 Å². The fraction of sp³-hybridized carbons (Fsp3) is 0.333. The van der Waals surface area contributed by atoms with Crippen LogP contribution in [0.2, 0.25) is 0 Å². The highest BCUT2D eigenvalue weighted by Crippen LogP contribution is 2.39. The number of hydrogen-bond acceptors (Lipinski definition) is 0. The van der Waals surface area contributed by atoms with E-state index < -0.39 is 11.6 Å². The van der Waals surface area contributed by atoms with Gasteiger partial charge in [-0.25, -0.2) is 13.2 Å². The monoisotopic (exact) mass is 448 g/mol. The Balaban J connectivity index is 1.47. The molecule has 0 bridgehead atoms. The first-order valence-corrected chi connectivity index (χ1v) is 12.0. The second-order valence-electron chi connectivity index (χ2n) is 9.32. The van der Waals surface area contributed by atoms with Crippen LogP contribution in [-0.4, -0.2) is 0 Å². The van der Waals surface area contributed by atoms with Gasteiger partial charge in [0.2, 0.25) is 0 Å². The zero-order valence-corrected chi connectivity index (χ0v) is 19.4. The normalized spacial score (nSPS) is 18.7. The minimum atomic E-state index is -0.780. The Morgan fingerprint density at radius 3 is 2.21 bits per heavy atom. The first-order chi connectivity index (χ1) is 16.0. The molecule has 1 aliphatic rings. The van der Waals surface area contributed by atoms with Crippen LogP contribution >= 0.6 is 0 Å². The Morgan fingerprint density at radius 1 is 0.818 bits per heavy atom. The van der Waals surface area contributed by atoms with E-state index in [0.29, 0.717) is 11.1 Å². The Hall–Kier alpha value is -2.81. The molecular weight excluding hydrogens is 417 g/mol. The van der Waals surface area contributed by atoms with E-state index >= 15 is 0 Å². The molecule has 0 N–H and O–H groups in total. The fourth-order valence-corrected chi connectivity index (χ4v) is 5.01. The van der Waals surface area contributed by atoms with Crippen LogP contribution in [0.25, 0.3) is 23.3 Å². The minimum Gasteiger partial charge on any atom is -0.206 e. The molecule has 0 aromatic heterocycles. The summed E-state index contributed by atoms with van der Waals surface area (Å²) < 4.78 is 43.9. The van der Waals surface area contributed by atoms with Crippen LogP contribution in [-0.2, 0) is 0 Å². The number of aryl methyl sites for hydroxylation is 1. The van der Waals surface area contributed by atoms with Crippen LogP contribution in [0.3, 0.4) is 0 Å². The fourth-order valence-electron chi connectivity index (χ4n) is 5.01. The van der Waals surface area contributed by atoms with Gasteiger partial charge in [0.25, 0.3) is 0 Å². The molecule has 1 fully saturated rings. The largest absolute Gasteiger partial charge is 0.206 e. The van der Waals surface area contributed by atoms with Crippen LogP contribution in [0.4, 0.5) is 13.2 Å². The van der Waals surface area contributed by atoms with E-state index in [9.17, 15) is 13.2 Å². The molecule has 0 aliphatic heterocycles. The van der Waals surface area contributed by atoms with Crippen molar-refractivity contribution in [2.75, 3.05) is 0 Å². The quantitative estimate of drug-likeness (QED) is 0.330. The van der Waals surface area contributed by atoms with Gasteiger partial charge in [0, 0.05) is 11.1 Å². The summed E-state index contributed by atoms with van der Waals surface area (Å²) in [6.45, 7) is 4.05. The lowest BCUT2D eigenvalue weighted by Crippen LogP contribution is -2.15. The Labute approximate surface area is 195 Å². The van der Waals surface area contributed by atoms with Crippen LogP contribution in [0, 0.1) is 30.3 Å². The van der Waals surface area contributed by atoms with Crippen molar-refractivity contribution in [1.82, 2.24) is 0 Å². The lowest BCUT2D eigenvalue weighted by Gasteiger charge is -2.29. The lowest BCUT2D eigenvalue weighted by molar-refractivity contribution is 0.303. The van der Waals surface area contributed by atoms with Crippen LogP contribution in [0.15, 0.2) is 54.6 Å². The summed E-state index contributed by atoms with van der Waals surface area (Å²) in [5.41, 5.74) is 3.79. The maximum absolute atomic E-state index is 14.9. The zero-order valence-electron chi connectivity index (χ0n) is 19.4. The molecule has 33 heavy (non-hydrogen) atoms. The molecule has 0 atom stereocenters. The topological polar surface area (TPSA) is 0 Å². The Kier molecular flexibility index (Phi) is 7.37. The summed E-state index contributed by atoms with van der Waals surface area (Å²) in [4.78, 5) is 0. The summed E-state index contributed by atoms with van der Waals surface area (Å²) in [5, 5.41) is 0. The smallest absolute Gasteiger partial charge is 0.166 e. The van der Waals surface area contributed by atoms with E-state index in [-0.39, 0.29) is 17.3 Å². The van der Waals surface area contributed by atoms with Gasteiger partial charge < -0.3 is 0 Å². The third kappa shape index (κ3) is 5.40. The molecule has 1 saturated carbocycles. The van der Waals surface area contributed by atoms with Gasteiger partial charge >= 0.3 is 0 Å². The third-order valence-electron chi connectivity index (χ3n) is 6.93. The van der Waals surface area contributed by atoms with Gasteiger partial charge in [0.05, 0.1) is 0 Å². The molecule has 0 unspecified atom stereocenters. The second-order valence-corrected chi connectivity index (χ2v) is 9.32. The van der Waals surface area contributed by atoms with Crippen molar-refractivity contribution in [2.24, 2.45) is 5.92 Å². The number of rotatable bonds is 6. The molecule has 4 rings (SSSR count). The van der Waals surface area contributed by atoms with Gasteiger partial charge in [-0.15, -0.1) is 0 Å². The average molecular weight is 449 g/mol. The number of hydrogen-bond donors (Lipinski definition) is 0. The third-order valence-corrected chi connectivity index (χ3v) is 6.93. The van der Waals surface area contributed by atoms with Crippen molar-refractivity contribution in [2.45, 2.75) is 58.3 Å². The standard InChI is InChI=1S/C30H31F3/c1-3-4-21-6-13-24(14-7-21)27-18-16-25(29(32)30(27)33)15-10-22-8-11-23(12-9-22)26-17-5-20(2)19-28(26)31/h5,8-12,15-19,21,24H,3-4,6-7,13-14H2,1-2H3. The summed E-state index contributed by atoms with van der Waals surface area (Å²) in [6.07, 6.45) is 9.84. The molecule has 3 aromatic carbocycles. The van der Waals surface area contributed by atoms with Gasteiger partial charge in [-0.3, -0.25) is 0 Å². The van der Waals surface area contributed by atoms with E-state index in [4.69, 9.17) is 0 Å². The molecule has 0 amide bonds. The van der Waals surface area contributed by atoms with Gasteiger partial charge in [-0.1, -0.05) is 80.4 Å². The second kappa shape index (κ2) is 10.4. The molecule has 0 heterocycles. The van der Waals surface area contributed by atoms with E-state index in [1.165, 1.54) is 18.9 Å². The molecule has 172 valence electrons. The predicted molar refractivity (Wildman–Crippen MR) is 131 cm³/mol. The van der Waals surface area contributed by atoms with Crippen molar-refractivity contribution >= 4 is 12.2 Å². The molecular formula is C30H31F3. The summed E-state index contributed by atoms with van der Waals surface area (Å²) in [6, 6.07) is 16.0. The maximum atomic E-state index is 14.9. The van der Waals surface area contributed by atoms with E-state index in [2.05, 4.69) is 6.92 Å². The molecule has 0 radical (unpaired) electrons. The van der Waals surface area contributed by atoms with Gasteiger partial charge in [-0.2, -0.15) is 0 Å². The molecule has 0 nitrogen and oxygen atoms in total. The maximum Gasteiger partial charge on any atom is 0.166 e. The summed E-state index contributed by atoms with van der Waals surface area (Å²) >= 11 is 0. The summed E-state index contributed by atoms with van der Waals surface area (Å²) in [7, 11) is 0. The Morgan fingerprint density at radius 2 is 1.55 bits per heavy atom. The van der Waals surface area contributed by atoms with Crippen LogP contribution in [0.5, 0.6) is 0 Å². The predicted octanol–water partition coefficient (Wildman–Crippen LogP) is 9.32. The molecule has 0 saturated heterocycles. The number of halogens is 3. The molecule has 3 heteroatoms. The molecule has 1 aliphatic carbocycles. The van der Waals surface area contributed by atoms with Gasteiger partial charge in [0.15, 0.2) is 11.6 Å². The van der Waals surface area contributed by atoms with Crippen molar-refractivity contribution < 1.29 is 13.2 Å². The van der Waals surface area contributed by atoms with E-state index in [1.54, 1.807) is 30.4 Å². The molecule has 0 spiro atoms. The highest BCUT2D eigenvalue weighted by atomic mass is 19.2. The first kappa shape index (κ1) is 23.4. The van der Waals surface area contributed by atoms with E-state index in [1.807, 2.05) is 37.3 Å². The minimum absolute atomic E-state index is 0.111. The highest BCUT2D eigenvalue weighted by molar-refractivity contribution is 5.72.